The van der Waals surface area contributed by atoms with Crippen LogP contribution in [0.4, 0.5) is 0 Å². The van der Waals surface area contributed by atoms with E-state index in [4.69, 9.17) is 0 Å². The van der Waals surface area contributed by atoms with Crippen LogP contribution < -0.4 is 59.1 Å². The Kier molecular flexibility index (Phi) is 8.28. The first kappa shape index (κ1) is 19.4. The molecule has 1 rings (SSSR count). The molecule has 6 nitrogen and oxygen atoms in total. The smallest absolute Gasteiger partial charge is 0.744 e. The van der Waals surface area contributed by atoms with Crippen LogP contribution in [0.5, 0.6) is 0 Å². The number of hydrogen-bond donors (Lipinski definition) is 0. The fourth-order valence-electron chi connectivity index (χ4n) is 0.863. The number of hydrogen-bond acceptors (Lipinski definition) is 6. The van der Waals surface area contributed by atoms with E-state index in [1.807, 2.05) is 0 Å². The van der Waals surface area contributed by atoms with Crippen molar-refractivity contribution < 1.29 is 85.1 Å². The van der Waals surface area contributed by atoms with Crippen molar-refractivity contribution in [2.24, 2.45) is 0 Å². The molecule has 1 aromatic rings. The average molecular weight is 282 g/mol. The summed E-state index contributed by atoms with van der Waals surface area (Å²) in [6.07, 6.45) is 0. The zero-order chi connectivity index (χ0) is 11.0. The van der Waals surface area contributed by atoms with Crippen LogP contribution in [0.1, 0.15) is 0 Å². The van der Waals surface area contributed by atoms with Gasteiger partial charge in [-0.25, -0.2) is 16.8 Å². The van der Waals surface area contributed by atoms with Crippen molar-refractivity contribution in [2.45, 2.75) is 9.79 Å². The van der Waals surface area contributed by atoms with Gasteiger partial charge in [-0.15, -0.1) is 0 Å². The van der Waals surface area contributed by atoms with E-state index in [2.05, 4.69) is 0 Å². The van der Waals surface area contributed by atoms with E-state index in [0.717, 1.165) is 24.3 Å². The van der Waals surface area contributed by atoms with Crippen LogP contribution in [0.25, 0.3) is 0 Å². The molecule has 78 valence electrons. The second kappa shape index (κ2) is 6.83. The van der Waals surface area contributed by atoms with Crippen molar-refractivity contribution >= 4 is 20.2 Å². The molecule has 0 N–H and O–H groups in total. The summed E-state index contributed by atoms with van der Waals surface area (Å²) in [5.74, 6) is 0. The standard InChI is InChI=1S/C6H6O6S2.2Na/c7-13(8,9)5-3-1-2-4-6(5)14(10,11)12;;/h1-4H,(H,7,8,9)(H,10,11,12);;/q;2*+1/p-2. The molecular formula is C6H4Na2O6S2. The largest absolute Gasteiger partial charge is 1.00 e. The fourth-order valence-corrected chi connectivity index (χ4v) is 2.59. The van der Waals surface area contributed by atoms with Gasteiger partial charge < -0.3 is 9.11 Å². The van der Waals surface area contributed by atoms with Crippen LogP contribution in [0.3, 0.4) is 0 Å². The molecule has 0 aliphatic rings. The van der Waals surface area contributed by atoms with E-state index in [1.165, 1.54) is 0 Å². The van der Waals surface area contributed by atoms with Crippen molar-refractivity contribution in [3.8, 4) is 0 Å². The summed E-state index contributed by atoms with van der Waals surface area (Å²) >= 11 is 0. The first-order valence-electron chi connectivity index (χ1n) is 3.24. The van der Waals surface area contributed by atoms with Gasteiger partial charge in [0.25, 0.3) is 0 Å². The van der Waals surface area contributed by atoms with Gasteiger partial charge in [-0.3, -0.25) is 0 Å². The Morgan fingerprint density at radius 2 is 1.00 bits per heavy atom. The van der Waals surface area contributed by atoms with E-state index in [9.17, 15) is 25.9 Å². The van der Waals surface area contributed by atoms with Gasteiger partial charge in [0.05, 0.1) is 9.79 Å². The maximum Gasteiger partial charge on any atom is 1.00 e. The Balaban J connectivity index is 0. The molecule has 0 fully saturated rings. The van der Waals surface area contributed by atoms with Crippen LogP contribution in [0.2, 0.25) is 0 Å². The van der Waals surface area contributed by atoms with Crippen LogP contribution in [-0.2, 0) is 20.2 Å². The molecule has 1 aromatic carbocycles. The summed E-state index contributed by atoms with van der Waals surface area (Å²) in [7, 11) is -9.89. The molecule has 0 saturated heterocycles. The normalized spacial score (nSPS) is 11.1. The maximum absolute atomic E-state index is 10.5. The van der Waals surface area contributed by atoms with Crippen molar-refractivity contribution in [2.75, 3.05) is 0 Å². The molecule has 16 heavy (non-hydrogen) atoms. The van der Waals surface area contributed by atoms with Crippen molar-refractivity contribution in [3.05, 3.63) is 24.3 Å². The molecule has 0 atom stereocenters. The molecule has 0 amide bonds. The van der Waals surface area contributed by atoms with E-state index < -0.39 is 30.0 Å². The SMILES string of the molecule is O=S(=O)([O-])c1ccccc1S(=O)(=O)[O-].[Na+].[Na+]. The fraction of sp³-hybridized carbons (Fsp3) is 0. The Labute approximate surface area is 138 Å². The summed E-state index contributed by atoms with van der Waals surface area (Å²) in [4.78, 5) is -2.04. The molecule has 0 spiro atoms. The minimum absolute atomic E-state index is 0. The van der Waals surface area contributed by atoms with E-state index in [1.54, 1.807) is 0 Å². The van der Waals surface area contributed by atoms with E-state index in [0.29, 0.717) is 0 Å². The van der Waals surface area contributed by atoms with Crippen molar-refractivity contribution in [1.82, 2.24) is 0 Å². The predicted molar refractivity (Wildman–Crippen MR) is 42.4 cm³/mol. The van der Waals surface area contributed by atoms with E-state index in [-0.39, 0.29) is 59.1 Å². The van der Waals surface area contributed by atoms with Gasteiger partial charge >= 0.3 is 59.1 Å². The summed E-state index contributed by atoms with van der Waals surface area (Å²) in [6, 6.07) is 3.85. The van der Waals surface area contributed by atoms with Gasteiger partial charge in [0.15, 0.2) is 0 Å². The van der Waals surface area contributed by atoms with Crippen LogP contribution >= 0.6 is 0 Å². The summed E-state index contributed by atoms with van der Waals surface area (Å²) < 4.78 is 63.2. The van der Waals surface area contributed by atoms with E-state index >= 15 is 0 Å². The first-order valence-corrected chi connectivity index (χ1v) is 6.05. The molecule has 0 aliphatic heterocycles. The van der Waals surface area contributed by atoms with Gasteiger partial charge in [0.1, 0.15) is 20.2 Å². The molecule has 0 bridgehead atoms. The van der Waals surface area contributed by atoms with Crippen LogP contribution in [0, 0.1) is 0 Å². The second-order valence-electron chi connectivity index (χ2n) is 2.35. The first-order chi connectivity index (χ1) is 6.23. The van der Waals surface area contributed by atoms with Gasteiger partial charge in [-0.05, 0) is 12.1 Å². The molecule has 0 aromatic heterocycles. The van der Waals surface area contributed by atoms with Crippen molar-refractivity contribution in [1.29, 1.82) is 0 Å². The molecule has 0 heterocycles. The zero-order valence-electron chi connectivity index (χ0n) is 8.58. The van der Waals surface area contributed by atoms with Crippen LogP contribution in [-0.4, -0.2) is 25.9 Å². The third kappa shape index (κ3) is 5.13. The van der Waals surface area contributed by atoms with Crippen molar-refractivity contribution in [3.63, 3.8) is 0 Å². The zero-order valence-corrected chi connectivity index (χ0v) is 14.2. The minimum atomic E-state index is -4.95. The Morgan fingerprint density at radius 1 is 0.750 bits per heavy atom. The molecule has 0 aliphatic carbocycles. The molecule has 10 heteroatoms. The third-order valence-electron chi connectivity index (χ3n) is 1.39. The average Bonchev–Trinajstić information content (AvgIpc) is 2.01. The summed E-state index contributed by atoms with van der Waals surface area (Å²) in [5, 5.41) is 0. The predicted octanol–water partition coefficient (Wildman–Crippen LogP) is -6.50. The maximum atomic E-state index is 10.5. The summed E-state index contributed by atoms with van der Waals surface area (Å²) in [6.45, 7) is 0. The Bertz CT molecular complexity index is 499. The van der Waals surface area contributed by atoms with Gasteiger partial charge in [0, 0.05) is 0 Å². The van der Waals surface area contributed by atoms with Gasteiger partial charge in [-0.1, -0.05) is 12.1 Å². The number of benzene rings is 1. The Hall–Kier alpha value is 1.04. The molecule has 0 radical (unpaired) electrons. The minimum Gasteiger partial charge on any atom is -0.744 e. The molecular weight excluding hydrogens is 278 g/mol. The van der Waals surface area contributed by atoms with Gasteiger partial charge in [0.2, 0.25) is 0 Å². The summed E-state index contributed by atoms with van der Waals surface area (Å²) in [5.41, 5.74) is 0. The van der Waals surface area contributed by atoms with Crippen LogP contribution in [0.15, 0.2) is 34.1 Å². The third-order valence-corrected chi connectivity index (χ3v) is 3.31. The van der Waals surface area contributed by atoms with Gasteiger partial charge in [-0.2, -0.15) is 0 Å². The topological polar surface area (TPSA) is 114 Å². The quantitative estimate of drug-likeness (QED) is 0.393. The second-order valence-corrected chi connectivity index (χ2v) is 5.05. The monoisotopic (exact) mass is 282 g/mol. The Morgan fingerprint density at radius 3 is 1.19 bits per heavy atom. The molecule has 0 saturated carbocycles. The molecule has 0 unspecified atom stereocenters. The number of rotatable bonds is 2.